The Labute approximate surface area is 139 Å². The number of aryl methyl sites for hydroxylation is 1. The summed E-state index contributed by atoms with van der Waals surface area (Å²) in [5.74, 6) is -1.23. The van der Waals surface area contributed by atoms with Gasteiger partial charge in [0.1, 0.15) is 5.82 Å². The van der Waals surface area contributed by atoms with Gasteiger partial charge in [0, 0.05) is 11.5 Å². The minimum absolute atomic E-state index is 0.0113. The number of anilines is 1. The van der Waals surface area contributed by atoms with E-state index in [0.29, 0.717) is 11.3 Å². The van der Waals surface area contributed by atoms with E-state index in [1.54, 1.807) is 0 Å². The highest BCUT2D eigenvalue weighted by atomic mass is 19.4. The van der Waals surface area contributed by atoms with Crippen molar-refractivity contribution < 1.29 is 13.2 Å². The summed E-state index contributed by atoms with van der Waals surface area (Å²) in [6.45, 7) is 2.05. The zero-order chi connectivity index (χ0) is 17.3. The molecule has 1 aromatic heterocycles. The van der Waals surface area contributed by atoms with Crippen molar-refractivity contribution in [3.05, 3.63) is 41.3 Å². The maximum absolute atomic E-state index is 13.1. The standard InChI is InChI=1S/C18H20F3N3/c1-2-11-7-9-12(10-8-11)14-15(13-5-3-4-6-13)23-17(18(19,20)21)24-16(14)22/h7-10,13H,2-6H2,1H3,(H2,22,23,24). The van der Waals surface area contributed by atoms with Crippen LogP contribution in [0.1, 0.15) is 55.6 Å². The Morgan fingerprint density at radius 3 is 2.25 bits per heavy atom. The number of alkyl halides is 3. The van der Waals surface area contributed by atoms with Gasteiger partial charge in [-0.15, -0.1) is 0 Å². The number of halogens is 3. The van der Waals surface area contributed by atoms with Crippen molar-refractivity contribution in [2.45, 2.75) is 51.1 Å². The molecule has 2 aromatic rings. The largest absolute Gasteiger partial charge is 0.451 e. The Kier molecular flexibility index (Phi) is 4.47. The highest BCUT2D eigenvalue weighted by Crippen LogP contribution is 2.41. The molecule has 0 radical (unpaired) electrons. The van der Waals surface area contributed by atoms with E-state index in [0.717, 1.165) is 43.2 Å². The van der Waals surface area contributed by atoms with Gasteiger partial charge in [-0.1, -0.05) is 44.0 Å². The topological polar surface area (TPSA) is 51.8 Å². The predicted octanol–water partition coefficient (Wildman–Crippen LogP) is 4.96. The molecule has 0 bridgehead atoms. The summed E-state index contributed by atoms with van der Waals surface area (Å²) in [6.07, 6.45) is -0.00328. The average Bonchev–Trinajstić information content (AvgIpc) is 3.08. The van der Waals surface area contributed by atoms with E-state index in [2.05, 4.69) is 16.9 Å². The number of aromatic nitrogens is 2. The second-order valence-corrected chi connectivity index (χ2v) is 6.22. The van der Waals surface area contributed by atoms with E-state index >= 15 is 0 Å². The van der Waals surface area contributed by atoms with Gasteiger partial charge in [0.2, 0.25) is 5.82 Å². The van der Waals surface area contributed by atoms with Crippen LogP contribution in [0, 0.1) is 0 Å². The summed E-state index contributed by atoms with van der Waals surface area (Å²) >= 11 is 0. The van der Waals surface area contributed by atoms with Crippen molar-refractivity contribution in [1.29, 1.82) is 0 Å². The summed E-state index contributed by atoms with van der Waals surface area (Å²) in [6, 6.07) is 7.70. The highest BCUT2D eigenvalue weighted by molar-refractivity contribution is 5.76. The molecule has 1 aliphatic rings. The lowest BCUT2D eigenvalue weighted by molar-refractivity contribution is -0.145. The van der Waals surface area contributed by atoms with Crippen molar-refractivity contribution in [2.75, 3.05) is 5.73 Å². The van der Waals surface area contributed by atoms with E-state index in [-0.39, 0.29) is 11.7 Å². The zero-order valence-corrected chi connectivity index (χ0v) is 13.5. The smallest absolute Gasteiger partial charge is 0.383 e. The van der Waals surface area contributed by atoms with Crippen LogP contribution in [0.4, 0.5) is 19.0 Å². The molecule has 1 fully saturated rings. The molecule has 0 amide bonds. The fraction of sp³-hybridized carbons (Fsp3) is 0.444. The molecule has 0 spiro atoms. The molecular weight excluding hydrogens is 315 g/mol. The number of nitrogen functional groups attached to an aromatic ring is 1. The molecule has 1 heterocycles. The molecule has 6 heteroatoms. The minimum Gasteiger partial charge on any atom is -0.383 e. The molecule has 2 N–H and O–H groups in total. The molecular formula is C18H20F3N3. The number of benzene rings is 1. The van der Waals surface area contributed by atoms with E-state index in [9.17, 15) is 13.2 Å². The summed E-state index contributed by atoms with van der Waals surface area (Å²) in [5, 5.41) is 0. The Balaban J connectivity index is 2.15. The van der Waals surface area contributed by atoms with Gasteiger partial charge in [-0.3, -0.25) is 0 Å². The lowest BCUT2D eigenvalue weighted by Gasteiger charge is -2.18. The van der Waals surface area contributed by atoms with Crippen LogP contribution in [0.3, 0.4) is 0 Å². The molecule has 0 atom stereocenters. The maximum atomic E-state index is 13.1. The monoisotopic (exact) mass is 335 g/mol. The van der Waals surface area contributed by atoms with Gasteiger partial charge in [0.15, 0.2) is 0 Å². The first-order valence-electron chi connectivity index (χ1n) is 8.24. The number of rotatable bonds is 3. The van der Waals surface area contributed by atoms with Crippen LogP contribution in [0.15, 0.2) is 24.3 Å². The van der Waals surface area contributed by atoms with Gasteiger partial charge < -0.3 is 5.73 Å². The third-order valence-corrected chi connectivity index (χ3v) is 4.61. The van der Waals surface area contributed by atoms with Gasteiger partial charge >= 0.3 is 6.18 Å². The normalized spacial score (nSPS) is 15.8. The third-order valence-electron chi connectivity index (χ3n) is 4.61. The Morgan fingerprint density at radius 1 is 1.08 bits per heavy atom. The van der Waals surface area contributed by atoms with E-state index < -0.39 is 12.0 Å². The highest BCUT2D eigenvalue weighted by Gasteiger charge is 2.37. The van der Waals surface area contributed by atoms with Gasteiger partial charge in [-0.05, 0) is 30.4 Å². The lowest BCUT2D eigenvalue weighted by Crippen LogP contribution is -2.16. The first-order chi connectivity index (χ1) is 11.4. The van der Waals surface area contributed by atoms with Gasteiger partial charge in [0.25, 0.3) is 0 Å². The number of nitrogens with two attached hydrogens (primary N) is 1. The Morgan fingerprint density at radius 2 is 1.71 bits per heavy atom. The van der Waals surface area contributed by atoms with Crippen LogP contribution >= 0.6 is 0 Å². The number of hydrogen-bond donors (Lipinski definition) is 1. The molecule has 24 heavy (non-hydrogen) atoms. The summed E-state index contributed by atoms with van der Waals surface area (Å²) in [5.41, 5.74) is 8.87. The summed E-state index contributed by atoms with van der Waals surface area (Å²) < 4.78 is 39.3. The molecule has 0 saturated heterocycles. The molecule has 0 aliphatic heterocycles. The Hall–Kier alpha value is -2.11. The van der Waals surface area contributed by atoms with Crippen LogP contribution in [0.2, 0.25) is 0 Å². The second-order valence-electron chi connectivity index (χ2n) is 6.22. The number of nitrogens with zero attached hydrogens (tertiary/aromatic N) is 2. The summed E-state index contributed by atoms with van der Waals surface area (Å²) in [4.78, 5) is 7.43. The van der Waals surface area contributed by atoms with E-state index in [1.165, 1.54) is 0 Å². The van der Waals surface area contributed by atoms with Gasteiger partial charge in [-0.25, -0.2) is 9.97 Å². The van der Waals surface area contributed by atoms with Crippen LogP contribution in [-0.2, 0) is 12.6 Å². The predicted molar refractivity (Wildman–Crippen MR) is 87.5 cm³/mol. The van der Waals surface area contributed by atoms with E-state index in [4.69, 9.17) is 5.73 Å². The minimum atomic E-state index is -4.59. The number of hydrogen-bond acceptors (Lipinski definition) is 3. The molecule has 3 nitrogen and oxygen atoms in total. The quantitative estimate of drug-likeness (QED) is 0.862. The first-order valence-corrected chi connectivity index (χ1v) is 8.24. The van der Waals surface area contributed by atoms with Crippen molar-refractivity contribution >= 4 is 5.82 Å². The molecule has 1 aromatic carbocycles. The molecule has 0 unspecified atom stereocenters. The lowest BCUT2D eigenvalue weighted by atomic mass is 9.93. The van der Waals surface area contributed by atoms with Crippen LogP contribution in [0.25, 0.3) is 11.1 Å². The third kappa shape index (κ3) is 3.23. The van der Waals surface area contributed by atoms with Crippen molar-refractivity contribution in [2.24, 2.45) is 0 Å². The van der Waals surface area contributed by atoms with Gasteiger partial charge in [0.05, 0.1) is 5.69 Å². The van der Waals surface area contributed by atoms with E-state index in [1.807, 2.05) is 24.3 Å². The Bertz CT molecular complexity index is 718. The SMILES string of the molecule is CCc1ccc(-c2c(N)nc(C(F)(F)F)nc2C2CCCC2)cc1. The second kappa shape index (κ2) is 6.42. The fourth-order valence-electron chi connectivity index (χ4n) is 3.32. The van der Waals surface area contributed by atoms with Gasteiger partial charge in [-0.2, -0.15) is 13.2 Å². The fourth-order valence-corrected chi connectivity index (χ4v) is 3.32. The van der Waals surface area contributed by atoms with Crippen molar-refractivity contribution in [3.63, 3.8) is 0 Å². The van der Waals surface area contributed by atoms with Crippen molar-refractivity contribution in [1.82, 2.24) is 9.97 Å². The molecule has 128 valence electrons. The zero-order valence-electron chi connectivity index (χ0n) is 13.5. The van der Waals surface area contributed by atoms with Crippen LogP contribution in [0.5, 0.6) is 0 Å². The summed E-state index contributed by atoms with van der Waals surface area (Å²) in [7, 11) is 0. The van der Waals surface area contributed by atoms with Crippen LogP contribution in [-0.4, -0.2) is 9.97 Å². The van der Waals surface area contributed by atoms with Crippen LogP contribution < -0.4 is 5.73 Å². The molecule has 1 saturated carbocycles. The molecule has 1 aliphatic carbocycles. The maximum Gasteiger partial charge on any atom is 0.451 e. The average molecular weight is 335 g/mol. The van der Waals surface area contributed by atoms with Crippen molar-refractivity contribution in [3.8, 4) is 11.1 Å². The molecule has 3 rings (SSSR count). The first kappa shape index (κ1) is 16.7.